The van der Waals surface area contributed by atoms with E-state index in [-0.39, 0.29) is 0 Å². The Balaban J connectivity index is 1.07. The van der Waals surface area contributed by atoms with Crippen LogP contribution in [-0.4, -0.2) is 422 Å². The van der Waals surface area contributed by atoms with E-state index in [1.807, 2.05) is 0 Å². The van der Waals surface area contributed by atoms with E-state index in [4.69, 9.17) is 71.1 Å². The van der Waals surface area contributed by atoms with Crippen molar-refractivity contribution in [1.29, 1.82) is 0 Å². The summed E-state index contributed by atoms with van der Waals surface area (Å²) in [5.74, 6) is -2.67. The molecule has 43 heteroatoms. The summed E-state index contributed by atoms with van der Waals surface area (Å²) >= 11 is 0. The van der Waals surface area contributed by atoms with Crippen LogP contribution in [0.5, 0.6) is 0 Å². The molecule has 8 rings (SSSR count). The molecule has 0 aromatic heterocycles. The topological polar surface area (TPSA) is 671 Å². The van der Waals surface area contributed by atoms with Crippen LogP contribution in [0.1, 0.15) is 27.7 Å². The van der Waals surface area contributed by atoms with Crippen LogP contribution in [0.2, 0.25) is 0 Å². The zero-order chi connectivity index (χ0) is 71.5. The van der Waals surface area contributed by atoms with Crippen molar-refractivity contribution in [1.82, 2.24) is 16.0 Å². The second-order valence-electron chi connectivity index (χ2n) is 24.6. The van der Waals surface area contributed by atoms with E-state index in [0.717, 1.165) is 20.8 Å². The Morgan fingerprint density at radius 3 is 1.10 bits per heavy atom. The predicted octanol–water partition coefficient (Wildman–Crippen LogP) is -17.0. The second-order valence-corrected chi connectivity index (χ2v) is 24.6. The van der Waals surface area contributed by atoms with E-state index in [9.17, 15) is 127 Å². The summed E-state index contributed by atoms with van der Waals surface area (Å²) in [5.41, 5.74) is 0. The number of carbonyl (C=O) groups is 3. The molecule has 8 heterocycles. The van der Waals surface area contributed by atoms with Gasteiger partial charge in [-0.15, -0.1) is 0 Å². The van der Waals surface area contributed by atoms with Gasteiger partial charge < -0.3 is 199 Å². The molecule has 25 N–H and O–H groups in total. The molecule has 8 aliphatic heterocycles. The van der Waals surface area contributed by atoms with Gasteiger partial charge in [0.2, 0.25) is 17.7 Å². The Labute approximate surface area is 549 Å². The lowest BCUT2D eigenvalue weighted by atomic mass is 9.94. The summed E-state index contributed by atoms with van der Waals surface area (Å²) in [6, 6.07) is -5.50. The molecule has 97 heavy (non-hydrogen) atoms. The maximum atomic E-state index is 12.9. The molecule has 0 aliphatic carbocycles. The van der Waals surface area contributed by atoms with Crippen LogP contribution >= 0.6 is 0 Å². The number of aliphatic hydroxyl groups is 22. The molecule has 0 aromatic rings. The van der Waals surface area contributed by atoms with Crippen LogP contribution in [0.3, 0.4) is 0 Å². The Morgan fingerprint density at radius 2 is 0.619 bits per heavy atom. The molecule has 8 aliphatic rings. The van der Waals surface area contributed by atoms with Crippen LogP contribution in [-0.2, 0) is 85.4 Å². The average molecular weight is 1420 g/mol. The first-order valence-electron chi connectivity index (χ1n) is 31.0. The van der Waals surface area contributed by atoms with Crippen molar-refractivity contribution < 1.29 is 198 Å². The number of rotatable bonds is 24. The third-order valence-corrected chi connectivity index (χ3v) is 17.8. The van der Waals surface area contributed by atoms with Crippen LogP contribution in [0, 0.1) is 0 Å². The highest BCUT2D eigenvalue weighted by Gasteiger charge is 2.60. The van der Waals surface area contributed by atoms with Crippen molar-refractivity contribution in [2.24, 2.45) is 0 Å². The number of amides is 3. The maximum Gasteiger partial charge on any atom is 0.217 e. The molecular formula is C54H91N3O40. The fraction of sp³-hybridized carbons (Fsp3) is 0.944. The van der Waals surface area contributed by atoms with Crippen molar-refractivity contribution in [3.05, 3.63) is 0 Å². The molecule has 3 amide bonds. The van der Waals surface area contributed by atoms with Gasteiger partial charge >= 0.3 is 0 Å². The van der Waals surface area contributed by atoms with Gasteiger partial charge in [-0.1, -0.05) is 0 Å². The monoisotopic (exact) mass is 1420 g/mol. The summed E-state index contributed by atoms with van der Waals surface area (Å²) in [4.78, 5) is 38.3. The van der Waals surface area contributed by atoms with Gasteiger partial charge in [0, 0.05) is 20.8 Å². The van der Waals surface area contributed by atoms with Crippen molar-refractivity contribution in [2.45, 2.75) is 273 Å². The SMILES string of the molecule is CC(=O)N[C@H]1[C@H](O[C@H]2[C@@H](O)[C@@H](CO)O[C@@H](O[C@H]3[C@H](O)[C@@H](O)C(O)O[C@@H]3CO)[C@@H]2O)O[C@H](CO)[C@@H](O[C@@H]2O[C@H](CO[C@@H]3O[C@H](CO)[C@@H](O[C@@H]4O[C@H](CO)[C@H](O)[C@H](O)[C@H]4O[C@H]4O[C@H](C)[C@H](O)[C@H](O)[C@H]4O)[C@H](O)[C@H]3NC(C)=O)[C@H](O)[C@H](O[C@@H]3O[C@H](CO)[C@@H](O)[C@H](O)[C@H]3NC(C)=O)[C@H]2O)[C@@H]1O. The molecule has 1 unspecified atom stereocenters. The van der Waals surface area contributed by atoms with Gasteiger partial charge in [-0.05, 0) is 6.92 Å². The standard InChI is InChI=1S/C54H91N3O40/c1-12-26(67)34(75)38(79)51(84-12)97-46-35(76)28(69)17(6-59)88-54(46)94-42-20(9-62)89-48(24(32(42)73)56-14(3)65)83-11-22-30(71)45(96-49-23(55-13(2)64)31(72)27(68)16(5-58)86-49)40(81)53(91-22)92-41-21(10-63)90-50(25(33(41)74)57-15(4)66)95-44-29(70)18(7-60)87-52(39(44)80)93-43-19(8-61)85-47(82)37(78)36(43)77/h12,16-54,58-63,67-82H,5-11H2,1-4H3,(H,55,64)(H,56,65)(H,57,66)/t12-,16-,17-,18-,19-,20-,21-,22-,23-,24-,25-,26+,27-,28+,29+,30+,31-,32-,33-,34+,35+,36-,37-,38-,39-,40-,41-,42-,43-,44+,45+,46-,47?,48-,49+,50+,51-,52+,53+,54+/m1/s1. The van der Waals surface area contributed by atoms with Gasteiger partial charge in [0.25, 0.3) is 0 Å². The van der Waals surface area contributed by atoms with Gasteiger partial charge in [0.15, 0.2) is 50.3 Å². The van der Waals surface area contributed by atoms with Crippen LogP contribution < -0.4 is 16.0 Å². The van der Waals surface area contributed by atoms with Crippen LogP contribution in [0.4, 0.5) is 0 Å². The number of carbonyl (C=O) groups excluding carboxylic acids is 3. The minimum Gasteiger partial charge on any atom is -0.394 e. The second kappa shape index (κ2) is 34.5. The summed E-state index contributed by atoms with van der Waals surface area (Å²) < 4.78 is 87.5. The van der Waals surface area contributed by atoms with Crippen LogP contribution in [0.25, 0.3) is 0 Å². The number of ether oxygens (including phenoxy) is 15. The normalized spacial score (nSPS) is 49.9. The van der Waals surface area contributed by atoms with Gasteiger partial charge in [0.05, 0.1) is 52.4 Å². The molecule has 0 bridgehead atoms. The zero-order valence-electron chi connectivity index (χ0n) is 52.2. The first-order valence-corrected chi connectivity index (χ1v) is 31.0. The molecule has 8 saturated heterocycles. The molecule has 0 radical (unpaired) electrons. The summed E-state index contributed by atoms with van der Waals surface area (Å²) in [7, 11) is 0. The van der Waals surface area contributed by atoms with Gasteiger partial charge in [-0.25, -0.2) is 0 Å². The lowest BCUT2D eigenvalue weighted by molar-refractivity contribution is -0.389. The number of nitrogens with one attached hydrogen (secondary N) is 3. The highest BCUT2D eigenvalue weighted by molar-refractivity contribution is 5.74. The van der Waals surface area contributed by atoms with Crippen molar-refractivity contribution in [2.75, 3.05) is 46.2 Å². The van der Waals surface area contributed by atoms with Gasteiger partial charge in [0.1, 0.15) is 189 Å². The molecule has 40 atom stereocenters. The highest BCUT2D eigenvalue weighted by Crippen LogP contribution is 2.39. The Bertz CT molecular complexity index is 2490. The molecular weight excluding hydrogens is 1330 g/mol. The number of hydrogen-bond donors (Lipinski definition) is 25. The summed E-state index contributed by atoms with van der Waals surface area (Å²) in [6.45, 7) is -3.02. The Hall–Kier alpha value is -3.07. The average Bonchev–Trinajstić information content (AvgIpc) is 0.782. The number of aliphatic hydroxyl groups excluding tert-OH is 22. The Kier molecular flexibility index (Phi) is 28.3. The molecule has 0 saturated carbocycles. The fourth-order valence-corrected chi connectivity index (χ4v) is 12.5. The molecule has 0 aromatic carbocycles. The summed E-state index contributed by atoms with van der Waals surface area (Å²) in [6.07, 6.45) is -72.4. The minimum atomic E-state index is -2.38. The number of hydrogen-bond acceptors (Lipinski definition) is 40. The fourth-order valence-electron chi connectivity index (χ4n) is 12.5. The third-order valence-electron chi connectivity index (χ3n) is 17.8. The smallest absolute Gasteiger partial charge is 0.217 e. The lowest BCUT2D eigenvalue weighted by Crippen LogP contribution is -2.70. The minimum absolute atomic E-state index is 0.850. The first kappa shape index (κ1) is 79.6. The first-order chi connectivity index (χ1) is 45.8. The summed E-state index contributed by atoms with van der Waals surface area (Å²) in [5, 5.41) is 248. The van der Waals surface area contributed by atoms with Crippen molar-refractivity contribution >= 4 is 17.7 Å². The van der Waals surface area contributed by atoms with Gasteiger partial charge in [-0.3, -0.25) is 14.4 Å². The van der Waals surface area contributed by atoms with E-state index >= 15 is 0 Å². The quantitative estimate of drug-likeness (QED) is 0.0427. The van der Waals surface area contributed by atoms with E-state index in [2.05, 4.69) is 16.0 Å². The molecule has 562 valence electrons. The Morgan fingerprint density at radius 1 is 0.289 bits per heavy atom. The third kappa shape index (κ3) is 17.4. The van der Waals surface area contributed by atoms with E-state index < -0.39 is 309 Å². The van der Waals surface area contributed by atoms with Gasteiger partial charge in [-0.2, -0.15) is 0 Å². The van der Waals surface area contributed by atoms with Crippen molar-refractivity contribution in [3.8, 4) is 0 Å². The van der Waals surface area contributed by atoms with E-state index in [0.29, 0.717) is 0 Å². The molecule has 0 spiro atoms. The molecule has 8 fully saturated rings. The molecule has 43 nitrogen and oxygen atoms in total. The lowest BCUT2D eigenvalue weighted by Gasteiger charge is -2.51. The van der Waals surface area contributed by atoms with E-state index in [1.54, 1.807) is 0 Å². The highest BCUT2D eigenvalue weighted by atomic mass is 16.8. The van der Waals surface area contributed by atoms with Crippen molar-refractivity contribution in [3.63, 3.8) is 0 Å². The predicted molar refractivity (Wildman–Crippen MR) is 298 cm³/mol. The van der Waals surface area contributed by atoms with E-state index in [1.165, 1.54) is 6.92 Å². The zero-order valence-corrected chi connectivity index (χ0v) is 52.2. The maximum absolute atomic E-state index is 12.9. The largest absolute Gasteiger partial charge is 0.394 e. The van der Waals surface area contributed by atoms with Crippen LogP contribution in [0.15, 0.2) is 0 Å².